The molecule has 1 unspecified atom stereocenters. The lowest BCUT2D eigenvalue weighted by Crippen LogP contribution is -2.83. The van der Waals surface area contributed by atoms with Crippen molar-refractivity contribution in [3.8, 4) is 0 Å². The molecule has 4 N–H and O–H groups in total. The first-order valence-electron chi connectivity index (χ1n) is 15.0. The van der Waals surface area contributed by atoms with Crippen LogP contribution in [0.1, 0.15) is 36.5 Å². The van der Waals surface area contributed by atoms with E-state index in [-0.39, 0.29) is 31.3 Å². The maximum absolute atomic E-state index is 13.4. The van der Waals surface area contributed by atoms with Gasteiger partial charge in [0.1, 0.15) is 17.3 Å². The first-order valence-corrected chi connectivity index (χ1v) is 15.0. The Bertz CT molecular complexity index is 1200. The van der Waals surface area contributed by atoms with E-state index in [4.69, 9.17) is 18.9 Å². The first kappa shape index (κ1) is 28.2. The zero-order valence-corrected chi connectivity index (χ0v) is 24.2. The number of carbonyl (C=O) groups excluding carboxylic acids is 1. The number of aliphatic hydroxyl groups is 4. The zero-order chi connectivity index (χ0) is 29.1. The summed E-state index contributed by atoms with van der Waals surface area (Å²) >= 11 is 0. The van der Waals surface area contributed by atoms with Gasteiger partial charge in [-0.3, -0.25) is 4.90 Å². The lowest BCUT2D eigenvalue weighted by molar-refractivity contribution is -0.323. The average Bonchev–Trinajstić information content (AvgIpc) is 3.36. The number of hydrogen-bond donors (Lipinski definition) is 4. The van der Waals surface area contributed by atoms with Gasteiger partial charge in [0.15, 0.2) is 0 Å². The number of aliphatic hydroxyl groups excluding tert-OH is 2. The summed E-state index contributed by atoms with van der Waals surface area (Å²) in [6.45, 7) is 3.21. The topological polar surface area (TPSA) is 138 Å². The molecule has 14 atom stereocenters. The van der Waals surface area contributed by atoms with Crippen LogP contribution in [0, 0.1) is 34.5 Å². The fraction of sp³-hybridized carbons (Fsp3) is 0.774. The number of likely N-dealkylation sites (N-methyl/N-ethyl adjacent to an activating group) is 1. The molecule has 10 nitrogen and oxygen atoms in total. The summed E-state index contributed by atoms with van der Waals surface area (Å²) in [5.41, 5.74) is -4.95. The van der Waals surface area contributed by atoms with Gasteiger partial charge in [0.2, 0.25) is 0 Å². The molecule has 1 spiro atoms. The third kappa shape index (κ3) is 3.03. The molecule has 10 heteroatoms. The normalized spacial score (nSPS) is 52.9. The predicted octanol–water partition coefficient (Wildman–Crippen LogP) is 0.452. The first-order chi connectivity index (χ1) is 19.6. The number of likely N-dealkylation sites (tertiary alicyclic amines) is 1. The molecule has 1 aromatic rings. The quantitative estimate of drug-likeness (QED) is 0.340. The number of hydrogen-bond acceptors (Lipinski definition) is 10. The van der Waals surface area contributed by atoms with Crippen molar-refractivity contribution in [2.75, 3.05) is 41.0 Å². The number of nitrogens with zero attached hydrogens (tertiary/aromatic N) is 1. The molecule has 0 radical (unpaired) electrons. The van der Waals surface area contributed by atoms with Gasteiger partial charge < -0.3 is 39.4 Å². The Balaban J connectivity index is 1.45. The summed E-state index contributed by atoms with van der Waals surface area (Å²) in [4.78, 5) is 15.6. The van der Waals surface area contributed by atoms with E-state index < -0.39 is 76.4 Å². The van der Waals surface area contributed by atoms with Gasteiger partial charge in [-0.05, 0) is 31.0 Å². The van der Waals surface area contributed by atoms with E-state index in [1.54, 1.807) is 38.5 Å². The highest BCUT2D eigenvalue weighted by Gasteiger charge is 2.92. The Morgan fingerprint density at radius 3 is 2.41 bits per heavy atom. The van der Waals surface area contributed by atoms with Crippen molar-refractivity contribution < 1.29 is 44.2 Å². The Labute approximate surface area is 240 Å². The minimum atomic E-state index is -1.84. The SMILES string of the molecule is CCN1C[C@]2(COC)[C@H](O)C[C@H](O)[C@]34C1[C@@](O)([C@@H](OC)[C@H]23)[C@@]1(O)C[C@H](OC)[C@H]2C[C@@H]4[C@@H]1[C@H]2OC(=O)c1ccccc1. The van der Waals surface area contributed by atoms with Crippen LogP contribution in [0.5, 0.6) is 0 Å². The largest absolute Gasteiger partial charge is 0.458 e. The molecular formula is C31H43NO9. The Hall–Kier alpha value is -1.63. The maximum Gasteiger partial charge on any atom is 0.338 e. The summed E-state index contributed by atoms with van der Waals surface area (Å²) in [5, 5.41) is 50.1. The molecule has 7 rings (SSSR count). The molecule has 7 bridgehead atoms. The van der Waals surface area contributed by atoms with Crippen LogP contribution in [0.3, 0.4) is 0 Å². The van der Waals surface area contributed by atoms with Gasteiger partial charge in [0, 0.05) is 69.3 Å². The number of rotatable bonds is 7. The van der Waals surface area contributed by atoms with Gasteiger partial charge in [-0.1, -0.05) is 25.1 Å². The standard InChI is InChI=1S/C31H43NO9/c1-5-32-14-28(15-38-2)20(33)12-21(34)30-18-11-17-19(39-3)13-29(36,31(37,27(30)32)25(40-4)24(28)30)22(18)23(17)41-26(35)16-9-7-6-8-10-16/h6-10,17-25,27,33-34,36-37H,5,11-15H2,1-4H3/t17-,18-,19+,20-,21+,22-,23+,24-,25+,27?,28+,29-,30+,31+/m1/s1. The van der Waals surface area contributed by atoms with Gasteiger partial charge in [-0.15, -0.1) is 0 Å². The zero-order valence-electron chi connectivity index (χ0n) is 24.2. The molecule has 5 saturated carbocycles. The lowest BCUT2D eigenvalue weighted by atomic mass is 9.42. The van der Waals surface area contributed by atoms with Crippen molar-refractivity contribution in [2.45, 2.75) is 73.9 Å². The molecule has 6 fully saturated rings. The van der Waals surface area contributed by atoms with E-state index >= 15 is 0 Å². The van der Waals surface area contributed by atoms with Crippen molar-refractivity contribution in [1.29, 1.82) is 0 Å². The van der Waals surface area contributed by atoms with Crippen LogP contribution in [-0.2, 0) is 18.9 Å². The van der Waals surface area contributed by atoms with Crippen LogP contribution >= 0.6 is 0 Å². The number of benzene rings is 1. The van der Waals surface area contributed by atoms with Crippen LogP contribution in [0.15, 0.2) is 30.3 Å². The van der Waals surface area contributed by atoms with E-state index in [0.29, 0.717) is 25.1 Å². The van der Waals surface area contributed by atoms with Crippen molar-refractivity contribution >= 4 is 5.97 Å². The van der Waals surface area contributed by atoms with Crippen LogP contribution < -0.4 is 0 Å². The van der Waals surface area contributed by atoms with E-state index in [1.165, 1.54) is 7.11 Å². The van der Waals surface area contributed by atoms with Gasteiger partial charge in [0.05, 0.1) is 42.6 Å². The summed E-state index contributed by atoms with van der Waals surface area (Å²) in [7, 11) is 4.73. The third-order valence-corrected chi connectivity index (χ3v) is 12.6. The maximum atomic E-state index is 13.4. The molecule has 1 saturated heterocycles. The van der Waals surface area contributed by atoms with E-state index in [9.17, 15) is 25.2 Å². The van der Waals surface area contributed by atoms with E-state index in [0.717, 1.165) is 0 Å². The molecule has 1 aromatic carbocycles. The van der Waals surface area contributed by atoms with Crippen LogP contribution in [0.25, 0.3) is 0 Å². The number of esters is 1. The second kappa shape index (κ2) is 9.19. The second-order valence-corrected chi connectivity index (χ2v) is 13.5. The lowest BCUT2D eigenvalue weighted by Gasteiger charge is -2.70. The molecule has 6 aliphatic rings. The highest BCUT2D eigenvalue weighted by Crippen LogP contribution is 2.80. The number of ether oxygens (including phenoxy) is 4. The molecule has 1 heterocycles. The summed E-state index contributed by atoms with van der Waals surface area (Å²) in [6.07, 6.45) is -3.15. The fourth-order valence-corrected chi connectivity index (χ4v) is 11.6. The minimum absolute atomic E-state index is 0.134. The van der Waals surface area contributed by atoms with Crippen LogP contribution in [-0.4, -0.2) is 120 Å². The Morgan fingerprint density at radius 2 is 1.78 bits per heavy atom. The summed E-state index contributed by atoms with van der Waals surface area (Å²) in [6, 6.07) is 8.14. The Kier molecular flexibility index (Phi) is 6.31. The van der Waals surface area contributed by atoms with Gasteiger partial charge in [0.25, 0.3) is 0 Å². The van der Waals surface area contributed by atoms with Crippen molar-refractivity contribution in [1.82, 2.24) is 4.90 Å². The number of piperidine rings is 1. The average molecular weight is 574 g/mol. The smallest absolute Gasteiger partial charge is 0.338 e. The molecular weight excluding hydrogens is 530 g/mol. The van der Waals surface area contributed by atoms with Gasteiger partial charge in [-0.25, -0.2) is 4.79 Å². The molecule has 0 amide bonds. The van der Waals surface area contributed by atoms with Crippen molar-refractivity contribution in [2.24, 2.45) is 34.5 Å². The van der Waals surface area contributed by atoms with Crippen LogP contribution in [0.4, 0.5) is 0 Å². The second-order valence-electron chi connectivity index (χ2n) is 13.5. The number of carbonyl (C=O) groups is 1. The van der Waals surface area contributed by atoms with Crippen molar-refractivity contribution in [3.63, 3.8) is 0 Å². The monoisotopic (exact) mass is 573 g/mol. The number of methoxy groups -OCH3 is 3. The van der Waals surface area contributed by atoms with E-state index in [2.05, 4.69) is 4.90 Å². The fourth-order valence-electron chi connectivity index (χ4n) is 11.6. The summed E-state index contributed by atoms with van der Waals surface area (Å²) in [5.74, 6) is -2.20. The van der Waals surface area contributed by atoms with Crippen LogP contribution in [0.2, 0.25) is 0 Å². The molecule has 226 valence electrons. The predicted molar refractivity (Wildman–Crippen MR) is 145 cm³/mol. The highest BCUT2D eigenvalue weighted by atomic mass is 16.6. The molecule has 0 aromatic heterocycles. The third-order valence-electron chi connectivity index (χ3n) is 12.6. The summed E-state index contributed by atoms with van der Waals surface area (Å²) < 4.78 is 24.2. The van der Waals surface area contributed by atoms with Gasteiger partial charge in [-0.2, -0.15) is 0 Å². The number of fused-ring (bicyclic) bond motifs is 2. The van der Waals surface area contributed by atoms with Gasteiger partial charge >= 0.3 is 5.97 Å². The molecule has 5 aliphatic carbocycles. The Morgan fingerprint density at radius 1 is 1.05 bits per heavy atom. The molecule has 1 aliphatic heterocycles. The van der Waals surface area contributed by atoms with Crippen molar-refractivity contribution in [3.05, 3.63) is 35.9 Å². The van der Waals surface area contributed by atoms with E-state index in [1.807, 2.05) is 13.0 Å². The minimum Gasteiger partial charge on any atom is -0.458 e. The highest BCUT2D eigenvalue weighted by molar-refractivity contribution is 5.89. The molecule has 41 heavy (non-hydrogen) atoms.